The molecule has 0 fully saturated rings. The zero-order valence-electron chi connectivity index (χ0n) is 17.4. The van der Waals surface area contributed by atoms with E-state index in [1.807, 2.05) is 73.2 Å². The molecule has 0 saturated heterocycles. The molecule has 0 aliphatic carbocycles. The summed E-state index contributed by atoms with van der Waals surface area (Å²) in [5.74, 6) is 0. The van der Waals surface area contributed by atoms with Gasteiger partial charge >= 0.3 is 0 Å². The van der Waals surface area contributed by atoms with E-state index >= 15 is 0 Å². The first-order valence-corrected chi connectivity index (χ1v) is 10.6. The summed E-state index contributed by atoms with van der Waals surface area (Å²) in [4.78, 5) is 15.5. The molecule has 0 bridgehead atoms. The number of hydrogen-bond donors (Lipinski definition) is 2. The summed E-state index contributed by atoms with van der Waals surface area (Å²) in [6.45, 7) is 3.70. The van der Waals surface area contributed by atoms with Gasteiger partial charge in [0, 0.05) is 87.7 Å². The molecule has 0 saturated carbocycles. The van der Waals surface area contributed by atoms with Crippen molar-refractivity contribution in [3.05, 3.63) is 90.3 Å². The van der Waals surface area contributed by atoms with Crippen LogP contribution in [0.15, 0.2) is 73.2 Å². The van der Waals surface area contributed by atoms with Crippen LogP contribution in [0.25, 0.3) is 0 Å². The molecular weight excluding hydrogens is 374 g/mol. The van der Waals surface area contributed by atoms with Gasteiger partial charge in [0.15, 0.2) is 0 Å². The fourth-order valence-corrected chi connectivity index (χ4v) is 3.33. The molecule has 2 N–H and O–H groups in total. The lowest BCUT2D eigenvalue weighted by Gasteiger charge is -2.25. The number of aliphatic hydroxyl groups is 1. The molecule has 158 valence electrons. The van der Waals surface area contributed by atoms with E-state index in [0.717, 1.165) is 56.0 Å². The van der Waals surface area contributed by atoms with Crippen LogP contribution in [0, 0.1) is 0 Å². The minimum atomic E-state index is -0.429. The van der Waals surface area contributed by atoms with E-state index in [1.165, 1.54) is 0 Å². The zero-order chi connectivity index (χ0) is 20.9. The van der Waals surface area contributed by atoms with Gasteiger partial charge in [-0.3, -0.25) is 19.9 Å². The second-order valence-electron chi connectivity index (χ2n) is 7.37. The third kappa shape index (κ3) is 8.37. The number of aromatic nitrogens is 3. The van der Waals surface area contributed by atoms with Crippen molar-refractivity contribution in [1.29, 1.82) is 0 Å². The lowest BCUT2D eigenvalue weighted by Crippen LogP contribution is -2.40. The Balaban J connectivity index is 1.44. The fourth-order valence-electron chi connectivity index (χ4n) is 3.33. The van der Waals surface area contributed by atoms with E-state index in [-0.39, 0.29) is 0 Å². The summed E-state index contributed by atoms with van der Waals surface area (Å²) in [7, 11) is 0. The number of nitrogens with one attached hydrogen (secondary N) is 1. The molecule has 3 rings (SSSR count). The molecule has 30 heavy (non-hydrogen) atoms. The van der Waals surface area contributed by atoms with Gasteiger partial charge in [0.25, 0.3) is 0 Å². The Labute approximate surface area is 179 Å². The van der Waals surface area contributed by atoms with Crippen LogP contribution >= 0.6 is 0 Å². The number of hydrogen-bond acceptors (Lipinski definition) is 6. The van der Waals surface area contributed by atoms with Gasteiger partial charge in [0.05, 0.1) is 6.10 Å². The summed E-state index contributed by atoms with van der Waals surface area (Å²) < 4.78 is 0. The van der Waals surface area contributed by atoms with Crippen molar-refractivity contribution in [2.75, 3.05) is 32.7 Å². The zero-order valence-corrected chi connectivity index (χ0v) is 17.4. The maximum atomic E-state index is 10.6. The molecule has 6 heteroatoms. The van der Waals surface area contributed by atoms with Gasteiger partial charge in [-0.2, -0.15) is 0 Å². The highest BCUT2D eigenvalue weighted by Crippen LogP contribution is 2.03. The van der Waals surface area contributed by atoms with Crippen LogP contribution in [-0.2, 0) is 19.3 Å². The summed E-state index contributed by atoms with van der Waals surface area (Å²) in [6, 6.07) is 17.9. The summed E-state index contributed by atoms with van der Waals surface area (Å²) >= 11 is 0. The van der Waals surface area contributed by atoms with Crippen LogP contribution in [0.2, 0.25) is 0 Å². The molecule has 0 amide bonds. The predicted molar refractivity (Wildman–Crippen MR) is 119 cm³/mol. The Hall–Kier alpha value is -2.67. The summed E-state index contributed by atoms with van der Waals surface area (Å²) in [5.41, 5.74) is 3.21. The largest absolute Gasteiger partial charge is 0.390 e. The van der Waals surface area contributed by atoms with Crippen LogP contribution < -0.4 is 5.32 Å². The first-order chi connectivity index (χ1) is 14.8. The van der Waals surface area contributed by atoms with Crippen LogP contribution in [0.5, 0.6) is 0 Å². The van der Waals surface area contributed by atoms with Crippen molar-refractivity contribution in [2.45, 2.75) is 25.4 Å². The van der Waals surface area contributed by atoms with Crippen molar-refractivity contribution < 1.29 is 5.11 Å². The molecule has 3 aromatic heterocycles. The summed E-state index contributed by atoms with van der Waals surface area (Å²) in [5, 5.41) is 13.9. The highest BCUT2D eigenvalue weighted by Gasteiger charge is 2.12. The van der Waals surface area contributed by atoms with E-state index in [9.17, 15) is 5.11 Å². The monoisotopic (exact) mass is 405 g/mol. The maximum Gasteiger partial charge on any atom is 0.0791 e. The molecule has 0 aliphatic heterocycles. The Kier molecular flexibility index (Phi) is 9.40. The second kappa shape index (κ2) is 12.8. The van der Waals surface area contributed by atoms with Gasteiger partial charge in [-0.05, 0) is 36.4 Å². The average molecular weight is 406 g/mol. The van der Waals surface area contributed by atoms with Crippen molar-refractivity contribution in [2.24, 2.45) is 0 Å². The minimum Gasteiger partial charge on any atom is -0.390 e. The first kappa shape index (κ1) is 22.0. The number of pyridine rings is 3. The molecule has 0 aliphatic rings. The molecule has 0 radical (unpaired) electrons. The van der Waals surface area contributed by atoms with E-state index in [1.54, 1.807) is 0 Å². The number of rotatable bonds is 13. The van der Waals surface area contributed by atoms with Gasteiger partial charge in [-0.25, -0.2) is 0 Å². The summed E-state index contributed by atoms with van der Waals surface area (Å²) in [6.07, 6.45) is 7.62. The predicted octanol–water partition coefficient (Wildman–Crippen LogP) is 2.15. The highest BCUT2D eigenvalue weighted by atomic mass is 16.3. The topological polar surface area (TPSA) is 74.2 Å². The minimum absolute atomic E-state index is 0.429. The van der Waals surface area contributed by atoms with Gasteiger partial charge in [0.2, 0.25) is 0 Å². The molecule has 3 aromatic rings. The van der Waals surface area contributed by atoms with Crippen molar-refractivity contribution in [3.8, 4) is 0 Å². The molecule has 0 spiro atoms. The average Bonchev–Trinajstić information content (AvgIpc) is 2.80. The Morgan fingerprint density at radius 3 is 1.70 bits per heavy atom. The lowest BCUT2D eigenvalue weighted by molar-refractivity contribution is 0.112. The SMILES string of the molecule is OC(CNCCc1ccccn1)CN(CCc1ccccn1)CCc1ccccn1. The van der Waals surface area contributed by atoms with Crippen LogP contribution in [0.4, 0.5) is 0 Å². The lowest BCUT2D eigenvalue weighted by atomic mass is 10.2. The smallest absolute Gasteiger partial charge is 0.0791 e. The Morgan fingerprint density at radius 1 is 0.733 bits per heavy atom. The van der Waals surface area contributed by atoms with Gasteiger partial charge in [-0.15, -0.1) is 0 Å². The third-order valence-corrected chi connectivity index (χ3v) is 4.95. The standard InChI is InChI=1S/C24H31N5O/c30-24(19-25-16-10-21-7-1-4-13-26-21)20-29(17-11-22-8-2-5-14-27-22)18-12-23-9-3-6-15-28-23/h1-9,13-15,24-25,30H,10-12,16-20H2. The van der Waals surface area contributed by atoms with Crippen LogP contribution in [-0.4, -0.2) is 63.8 Å². The van der Waals surface area contributed by atoms with Crippen LogP contribution in [0.1, 0.15) is 17.1 Å². The van der Waals surface area contributed by atoms with Gasteiger partial charge in [0.1, 0.15) is 0 Å². The van der Waals surface area contributed by atoms with E-state index in [2.05, 4.69) is 25.2 Å². The number of aliphatic hydroxyl groups excluding tert-OH is 1. The highest BCUT2D eigenvalue weighted by molar-refractivity contribution is 5.06. The maximum absolute atomic E-state index is 10.6. The quantitative estimate of drug-likeness (QED) is 0.425. The van der Waals surface area contributed by atoms with E-state index < -0.39 is 6.10 Å². The van der Waals surface area contributed by atoms with Crippen molar-refractivity contribution >= 4 is 0 Å². The first-order valence-electron chi connectivity index (χ1n) is 10.6. The Bertz CT molecular complexity index is 773. The normalized spacial score (nSPS) is 12.2. The second-order valence-corrected chi connectivity index (χ2v) is 7.37. The van der Waals surface area contributed by atoms with Crippen molar-refractivity contribution in [1.82, 2.24) is 25.2 Å². The molecule has 0 aromatic carbocycles. The Morgan fingerprint density at radius 2 is 1.23 bits per heavy atom. The third-order valence-electron chi connectivity index (χ3n) is 4.95. The molecule has 3 heterocycles. The van der Waals surface area contributed by atoms with Gasteiger partial charge < -0.3 is 10.4 Å². The molecule has 6 nitrogen and oxygen atoms in total. The molecule has 1 atom stereocenters. The molecule has 1 unspecified atom stereocenters. The fraction of sp³-hybridized carbons (Fsp3) is 0.375. The van der Waals surface area contributed by atoms with Gasteiger partial charge in [-0.1, -0.05) is 18.2 Å². The number of nitrogens with zero attached hydrogens (tertiary/aromatic N) is 4. The molecular formula is C24H31N5O. The van der Waals surface area contributed by atoms with E-state index in [0.29, 0.717) is 13.1 Å². The van der Waals surface area contributed by atoms with E-state index in [4.69, 9.17) is 0 Å². The van der Waals surface area contributed by atoms with Crippen LogP contribution in [0.3, 0.4) is 0 Å². The van der Waals surface area contributed by atoms with Crippen molar-refractivity contribution in [3.63, 3.8) is 0 Å².